The van der Waals surface area contributed by atoms with Gasteiger partial charge >= 0.3 is 0 Å². The number of hydrogen-bond acceptors (Lipinski definition) is 3. The fraction of sp³-hybridized carbons (Fsp3) is 0.500. The Kier molecular flexibility index (Phi) is 7.51. The highest BCUT2D eigenvalue weighted by Crippen LogP contribution is 2.20. The van der Waals surface area contributed by atoms with Crippen LogP contribution in [0.5, 0.6) is 5.75 Å². The molecular weight excluding hydrogens is 316 g/mol. The summed E-state index contributed by atoms with van der Waals surface area (Å²) in [6.45, 7) is 2.56. The van der Waals surface area contributed by atoms with Gasteiger partial charge in [0.2, 0.25) is 11.8 Å². The standard InChI is InChI=1S/C20H28N2O3/c1-16(23)22(18-8-10-19(25-2)11-9-18)15-13-20(24)21-14-12-17-6-4-3-5-7-17/h6,8-11H,3-5,7,12-15H2,1-2H3,(H,21,24). The fourth-order valence-electron chi connectivity index (χ4n) is 3.03. The van der Waals surface area contributed by atoms with Crippen LogP contribution in [0.3, 0.4) is 0 Å². The number of anilines is 1. The number of benzene rings is 1. The van der Waals surface area contributed by atoms with Crippen molar-refractivity contribution in [2.75, 3.05) is 25.1 Å². The van der Waals surface area contributed by atoms with E-state index in [4.69, 9.17) is 4.74 Å². The molecule has 136 valence electrons. The van der Waals surface area contributed by atoms with Crippen LogP contribution in [0.1, 0.15) is 45.4 Å². The quantitative estimate of drug-likeness (QED) is 0.735. The van der Waals surface area contributed by atoms with Gasteiger partial charge in [0.05, 0.1) is 7.11 Å². The second-order valence-electron chi connectivity index (χ2n) is 6.33. The predicted molar refractivity (Wildman–Crippen MR) is 99.8 cm³/mol. The van der Waals surface area contributed by atoms with Crippen LogP contribution in [0.2, 0.25) is 0 Å². The number of allylic oxidation sites excluding steroid dienone is 1. The minimum absolute atomic E-state index is 0.0174. The number of amides is 2. The lowest BCUT2D eigenvalue weighted by atomic mass is 9.97. The van der Waals surface area contributed by atoms with Crippen LogP contribution < -0.4 is 15.0 Å². The summed E-state index contributed by atoms with van der Waals surface area (Å²) in [5.41, 5.74) is 2.23. The molecule has 0 spiro atoms. The normalized spacial score (nSPS) is 13.8. The van der Waals surface area contributed by atoms with Gasteiger partial charge in [0, 0.05) is 32.1 Å². The van der Waals surface area contributed by atoms with Crippen LogP contribution in [0, 0.1) is 0 Å². The first kappa shape index (κ1) is 19.0. The van der Waals surface area contributed by atoms with Crippen molar-refractivity contribution in [2.45, 2.75) is 45.4 Å². The van der Waals surface area contributed by atoms with E-state index < -0.39 is 0 Å². The van der Waals surface area contributed by atoms with E-state index in [0.29, 0.717) is 19.5 Å². The molecule has 1 aromatic carbocycles. The number of carbonyl (C=O) groups is 2. The monoisotopic (exact) mass is 344 g/mol. The lowest BCUT2D eigenvalue weighted by molar-refractivity contribution is -0.121. The van der Waals surface area contributed by atoms with Crippen molar-refractivity contribution in [1.82, 2.24) is 5.32 Å². The van der Waals surface area contributed by atoms with Crippen molar-refractivity contribution in [2.24, 2.45) is 0 Å². The van der Waals surface area contributed by atoms with Crippen LogP contribution >= 0.6 is 0 Å². The Hall–Kier alpha value is -2.30. The SMILES string of the molecule is COc1ccc(N(CCC(=O)NCCC2=CCCCC2)C(C)=O)cc1. The maximum Gasteiger partial charge on any atom is 0.223 e. The average Bonchev–Trinajstić information content (AvgIpc) is 2.63. The van der Waals surface area contributed by atoms with Crippen molar-refractivity contribution in [3.8, 4) is 5.75 Å². The third-order valence-corrected chi connectivity index (χ3v) is 4.48. The molecule has 1 aliphatic rings. The van der Waals surface area contributed by atoms with Crippen molar-refractivity contribution in [3.05, 3.63) is 35.9 Å². The van der Waals surface area contributed by atoms with Gasteiger partial charge in [-0.2, -0.15) is 0 Å². The largest absolute Gasteiger partial charge is 0.497 e. The molecule has 0 unspecified atom stereocenters. The maximum atomic E-state index is 12.1. The lowest BCUT2D eigenvalue weighted by Gasteiger charge is -2.21. The first-order valence-corrected chi connectivity index (χ1v) is 8.97. The second-order valence-corrected chi connectivity index (χ2v) is 6.33. The maximum absolute atomic E-state index is 12.1. The summed E-state index contributed by atoms with van der Waals surface area (Å²) in [6, 6.07) is 7.27. The molecule has 25 heavy (non-hydrogen) atoms. The van der Waals surface area contributed by atoms with E-state index >= 15 is 0 Å². The van der Waals surface area contributed by atoms with Gasteiger partial charge in [0.15, 0.2) is 0 Å². The van der Waals surface area contributed by atoms with E-state index in [-0.39, 0.29) is 11.8 Å². The van der Waals surface area contributed by atoms with Crippen LogP contribution in [0.15, 0.2) is 35.9 Å². The highest BCUT2D eigenvalue weighted by atomic mass is 16.5. The number of nitrogens with zero attached hydrogens (tertiary/aromatic N) is 1. The molecule has 0 aromatic heterocycles. The second kappa shape index (κ2) is 9.87. The minimum Gasteiger partial charge on any atom is -0.497 e. The van der Waals surface area contributed by atoms with Crippen molar-refractivity contribution in [1.29, 1.82) is 0 Å². The van der Waals surface area contributed by atoms with E-state index in [1.165, 1.54) is 31.8 Å². The Bertz CT molecular complexity index is 608. The summed E-state index contributed by atoms with van der Waals surface area (Å²) >= 11 is 0. The van der Waals surface area contributed by atoms with Gasteiger partial charge in [-0.05, 0) is 56.4 Å². The predicted octanol–water partition coefficient (Wildman–Crippen LogP) is 3.44. The highest BCUT2D eigenvalue weighted by Gasteiger charge is 2.13. The summed E-state index contributed by atoms with van der Waals surface area (Å²) < 4.78 is 5.13. The van der Waals surface area contributed by atoms with Crippen molar-refractivity contribution in [3.63, 3.8) is 0 Å². The van der Waals surface area contributed by atoms with E-state index in [1.54, 1.807) is 12.0 Å². The molecular formula is C20H28N2O3. The molecule has 2 amide bonds. The minimum atomic E-state index is -0.0784. The Morgan fingerprint density at radius 2 is 1.96 bits per heavy atom. The zero-order valence-electron chi connectivity index (χ0n) is 15.2. The van der Waals surface area contributed by atoms with Gasteiger partial charge in [-0.15, -0.1) is 0 Å². The van der Waals surface area contributed by atoms with Gasteiger partial charge in [-0.3, -0.25) is 9.59 Å². The number of methoxy groups -OCH3 is 1. The molecule has 1 aliphatic carbocycles. The molecule has 1 N–H and O–H groups in total. The first-order chi connectivity index (χ1) is 12.1. The molecule has 1 aromatic rings. The van der Waals surface area contributed by atoms with Gasteiger partial charge in [-0.25, -0.2) is 0 Å². The van der Waals surface area contributed by atoms with E-state index in [2.05, 4.69) is 11.4 Å². The zero-order chi connectivity index (χ0) is 18.1. The van der Waals surface area contributed by atoms with Gasteiger partial charge in [-0.1, -0.05) is 11.6 Å². The summed E-state index contributed by atoms with van der Waals surface area (Å²) in [6.07, 6.45) is 8.39. The van der Waals surface area contributed by atoms with Gasteiger partial charge in [0.1, 0.15) is 5.75 Å². The van der Waals surface area contributed by atoms with Crippen LogP contribution in [0.4, 0.5) is 5.69 Å². The summed E-state index contributed by atoms with van der Waals surface area (Å²) in [7, 11) is 1.60. The van der Waals surface area contributed by atoms with E-state index in [0.717, 1.165) is 24.3 Å². The molecule has 0 fully saturated rings. The van der Waals surface area contributed by atoms with Crippen molar-refractivity contribution >= 4 is 17.5 Å². The van der Waals surface area contributed by atoms with E-state index in [1.807, 2.05) is 24.3 Å². The summed E-state index contributed by atoms with van der Waals surface area (Å²) in [5, 5.41) is 2.96. The van der Waals surface area contributed by atoms with Crippen LogP contribution in [-0.4, -0.2) is 32.0 Å². The smallest absolute Gasteiger partial charge is 0.223 e. The Labute approximate surface area is 150 Å². The zero-order valence-corrected chi connectivity index (χ0v) is 15.2. The Balaban J connectivity index is 1.78. The van der Waals surface area contributed by atoms with Crippen LogP contribution in [0.25, 0.3) is 0 Å². The fourth-order valence-corrected chi connectivity index (χ4v) is 3.03. The topological polar surface area (TPSA) is 58.6 Å². The summed E-state index contributed by atoms with van der Waals surface area (Å²) in [5.74, 6) is 0.642. The Morgan fingerprint density at radius 3 is 2.56 bits per heavy atom. The molecule has 0 aliphatic heterocycles. The number of ether oxygens (including phenoxy) is 1. The number of nitrogens with one attached hydrogen (secondary N) is 1. The third kappa shape index (κ3) is 6.25. The molecule has 5 nitrogen and oxygen atoms in total. The first-order valence-electron chi connectivity index (χ1n) is 8.97. The number of rotatable bonds is 8. The molecule has 2 rings (SSSR count). The molecule has 0 heterocycles. The molecule has 0 radical (unpaired) electrons. The van der Waals surface area contributed by atoms with Crippen LogP contribution in [-0.2, 0) is 9.59 Å². The molecule has 0 saturated carbocycles. The number of carbonyl (C=O) groups excluding carboxylic acids is 2. The van der Waals surface area contributed by atoms with Gasteiger partial charge in [0.25, 0.3) is 0 Å². The number of hydrogen-bond donors (Lipinski definition) is 1. The van der Waals surface area contributed by atoms with Crippen molar-refractivity contribution < 1.29 is 14.3 Å². The lowest BCUT2D eigenvalue weighted by Crippen LogP contribution is -2.34. The third-order valence-electron chi connectivity index (χ3n) is 4.48. The molecule has 0 bridgehead atoms. The molecule has 0 saturated heterocycles. The molecule has 5 heteroatoms. The van der Waals surface area contributed by atoms with Gasteiger partial charge < -0.3 is 15.0 Å². The van der Waals surface area contributed by atoms with E-state index in [9.17, 15) is 9.59 Å². The average molecular weight is 344 g/mol. The molecule has 0 atom stereocenters. The highest BCUT2D eigenvalue weighted by molar-refractivity contribution is 5.92. The Morgan fingerprint density at radius 1 is 1.20 bits per heavy atom. The summed E-state index contributed by atoms with van der Waals surface area (Å²) in [4.78, 5) is 25.6.